The van der Waals surface area contributed by atoms with Gasteiger partial charge >= 0.3 is 0 Å². The summed E-state index contributed by atoms with van der Waals surface area (Å²) in [6, 6.07) is 7.33. The van der Waals surface area contributed by atoms with Crippen LogP contribution in [-0.4, -0.2) is 4.57 Å². The number of rotatable bonds is 0. The minimum Gasteiger partial charge on any atom is -0.381 e. The molecule has 1 N–H and O–H groups in total. The van der Waals surface area contributed by atoms with Gasteiger partial charge in [-0.15, -0.1) is 0 Å². The molecule has 0 fully saturated rings. The summed E-state index contributed by atoms with van der Waals surface area (Å²) in [5, 5.41) is 4.95. The first kappa shape index (κ1) is 9.34. The van der Waals surface area contributed by atoms with E-state index in [4.69, 9.17) is 0 Å². The van der Waals surface area contributed by atoms with Crippen LogP contribution in [-0.2, 0) is 6.42 Å². The molecule has 1 aliphatic heterocycles. The molecule has 0 saturated heterocycles. The molecular weight excluding hydrogens is 208 g/mol. The molecule has 0 spiro atoms. The van der Waals surface area contributed by atoms with Crippen LogP contribution in [0.1, 0.15) is 35.7 Å². The summed E-state index contributed by atoms with van der Waals surface area (Å²) in [6.07, 6.45) is 8.04. The van der Waals surface area contributed by atoms with Gasteiger partial charge in [-0.25, -0.2) is 0 Å². The van der Waals surface area contributed by atoms with Crippen LogP contribution in [0.2, 0.25) is 0 Å². The molecule has 1 aromatic heterocycles. The van der Waals surface area contributed by atoms with Crippen LogP contribution < -0.4 is 5.32 Å². The SMILES string of the molecule is Cc1ccc2c(c1)c1c3n2C=CNC3CCC1. The number of benzene rings is 1. The van der Waals surface area contributed by atoms with Crippen LogP contribution in [0.3, 0.4) is 0 Å². The molecule has 0 radical (unpaired) electrons. The second-order valence-electron chi connectivity index (χ2n) is 5.18. The highest BCUT2D eigenvalue weighted by Crippen LogP contribution is 2.39. The minimum atomic E-state index is 0.524. The number of hydrogen-bond donors (Lipinski definition) is 1. The number of nitrogens with zero attached hydrogens (tertiary/aromatic N) is 1. The van der Waals surface area contributed by atoms with E-state index in [-0.39, 0.29) is 0 Å². The van der Waals surface area contributed by atoms with Crippen LogP contribution in [0.15, 0.2) is 24.4 Å². The fraction of sp³-hybridized carbons (Fsp3) is 0.333. The molecule has 17 heavy (non-hydrogen) atoms. The zero-order valence-electron chi connectivity index (χ0n) is 10.0. The van der Waals surface area contributed by atoms with Gasteiger partial charge in [0.15, 0.2) is 0 Å². The summed E-state index contributed by atoms with van der Waals surface area (Å²) in [5.41, 5.74) is 5.79. The van der Waals surface area contributed by atoms with Crippen LogP contribution in [0.5, 0.6) is 0 Å². The summed E-state index contributed by atoms with van der Waals surface area (Å²) < 4.78 is 2.38. The first-order chi connectivity index (χ1) is 8.34. The van der Waals surface area contributed by atoms with Gasteiger partial charge in [-0.2, -0.15) is 0 Å². The van der Waals surface area contributed by atoms with Gasteiger partial charge in [0.25, 0.3) is 0 Å². The Hall–Kier alpha value is -1.70. The molecule has 0 bridgehead atoms. The van der Waals surface area contributed by atoms with Crippen LogP contribution in [0.4, 0.5) is 0 Å². The molecule has 1 unspecified atom stereocenters. The van der Waals surface area contributed by atoms with E-state index in [2.05, 4.69) is 47.4 Å². The van der Waals surface area contributed by atoms with Crippen molar-refractivity contribution in [3.63, 3.8) is 0 Å². The largest absolute Gasteiger partial charge is 0.381 e. The van der Waals surface area contributed by atoms with E-state index in [1.54, 1.807) is 5.56 Å². The van der Waals surface area contributed by atoms with E-state index in [9.17, 15) is 0 Å². The van der Waals surface area contributed by atoms with Crippen LogP contribution >= 0.6 is 0 Å². The number of fused-ring (bicyclic) bond motifs is 3. The summed E-state index contributed by atoms with van der Waals surface area (Å²) in [5.74, 6) is 0. The highest BCUT2D eigenvalue weighted by Gasteiger charge is 2.27. The van der Waals surface area contributed by atoms with Gasteiger partial charge in [0, 0.05) is 23.5 Å². The topological polar surface area (TPSA) is 17.0 Å². The van der Waals surface area contributed by atoms with Crippen molar-refractivity contribution in [3.8, 4) is 0 Å². The maximum atomic E-state index is 3.49. The second kappa shape index (κ2) is 3.16. The highest BCUT2D eigenvalue weighted by molar-refractivity contribution is 5.88. The van der Waals surface area contributed by atoms with Crippen molar-refractivity contribution >= 4 is 17.1 Å². The summed E-state index contributed by atoms with van der Waals surface area (Å²) in [6.45, 7) is 2.18. The van der Waals surface area contributed by atoms with Crippen molar-refractivity contribution in [1.29, 1.82) is 0 Å². The number of aryl methyl sites for hydroxylation is 2. The van der Waals surface area contributed by atoms with E-state index in [0.29, 0.717) is 6.04 Å². The third-order valence-corrected chi connectivity index (χ3v) is 4.08. The average Bonchev–Trinajstić information content (AvgIpc) is 2.67. The quantitative estimate of drug-likeness (QED) is 0.726. The van der Waals surface area contributed by atoms with E-state index in [1.807, 2.05) is 0 Å². The molecule has 1 atom stereocenters. The van der Waals surface area contributed by atoms with Crippen molar-refractivity contribution in [3.05, 3.63) is 41.2 Å². The number of aromatic nitrogens is 1. The zero-order chi connectivity index (χ0) is 11.4. The third-order valence-electron chi connectivity index (χ3n) is 4.08. The van der Waals surface area contributed by atoms with Gasteiger partial charge in [-0.3, -0.25) is 0 Å². The Kier molecular flexibility index (Phi) is 1.74. The molecule has 2 heterocycles. The van der Waals surface area contributed by atoms with Gasteiger partial charge in [0.2, 0.25) is 0 Å². The molecule has 1 aliphatic carbocycles. The van der Waals surface area contributed by atoms with Crippen molar-refractivity contribution in [2.24, 2.45) is 0 Å². The van der Waals surface area contributed by atoms with Crippen molar-refractivity contribution in [2.45, 2.75) is 32.2 Å². The molecule has 0 saturated carbocycles. The molecule has 2 heteroatoms. The standard InChI is InChI=1S/C15H16N2/c1-10-5-6-14-12(9-10)11-3-2-4-13-15(11)17(14)8-7-16-13/h5-9,13,16H,2-4H2,1H3. The molecule has 4 rings (SSSR count). The highest BCUT2D eigenvalue weighted by atomic mass is 15.1. The predicted octanol–water partition coefficient (Wildman–Crippen LogP) is 3.36. The van der Waals surface area contributed by atoms with Gasteiger partial charge in [-0.1, -0.05) is 11.6 Å². The second-order valence-corrected chi connectivity index (χ2v) is 5.18. The number of hydrogen-bond acceptors (Lipinski definition) is 1. The first-order valence-electron chi connectivity index (χ1n) is 6.40. The van der Waals surface area contributed by atoms with Gasteiger partial charge in [-0.05, 0) is 43.9 Å². The third kappa shape index (κ3) is 1.15. The monoisotopic (exact) mass is 224 g/mol. The molecule has 86 valence electrons. The first-order valence-corrected chi connectivity index (χ1v) is 6.40. The van der Waals surface area contributed by atoms with E-state index < -0.39 is 0 Å². The van der Waals surface area contributed by atoms with E-state index >= 15 is 0 Å². The summed E-state index contributed by atoms with van der Waals surface area (Å²) in [4.78, 5) is 0. The smallest absolute Gasteiger partial charge is 0.0667 e. The Morgan fingerprint density at radius 2 is 2.29 bits per heavy atom. The fourth-order valence-corrected chi connectivity index (χ4v) is 3.33. The maximum absolute atomic E-state index is 3.49. The molecule has 1 aromatic carbocycles. The van der Waals surface area contributed by atoms with Crippen LogP contribution in [0, 0.1) is 6.92 Å². The normalized spacial score (nSPS) is 21.4. The minimum absolute atomic E-state index is 0.524. The summed E-state index contributed by atoms with van der Waals surface area (Å²) in [7, 11) is 0. The maximum Gasteiger partial charge on any atom is 0.0667 e. The van der Waals surface area contributed by atoms with E-state index in [1.165, 1.54) is 41.4 Å². The Morgan fingerprint density at radius 3 is 3.24 bits per heavy atom. The lowest BCUT2D eigenvalue weighted by molar-refractivity contribution is 0.490. The lowest BCUT2D eigenvalue weighted by Gasteiger charge is -2.27. The molecule has 2 aromatic rings. The molecule has 2 aliphatic rings. The van der Waals surface area contributed by atoms with Crippen molar-refractivity contribution in [1.82, 2.24) is 9.88 Å². The lowest BCUT2D eigenvalue weighted by Crippen LogP contribution is -2.25. The Morgan fingerprint density at radius 1 is 1.35 bits per heavy atom. The van der Waals surface area contributed by atoms with Crippen LogP contribution in [0.25, 0.3) is 17.1 Å². The number of nitrogens with one attached hydrogen (secondary N) is 1. The van der Waals surface area contributed by atoms with E-state index in [0.717, 1.165) is 0 Å². The molecule has 2 nitrogen and oxygen atoms in total. The van der Waals surface area contributed by atoms with Gasteiger partial charge in [0.05, 0.1) is 11.6 Å². The Bertz CT molecular complexity index is 634. The summed E-state index contributed by atoms with van der Waals surface area (Å²) >= 11 is 0. The molecule has 0 amide bonds. The average molecular weight is 224 g/mol. The van der Waals surface area contributed by atoms with Crippen molar-refractivity contribution in [2.75, 3.05) is 0 Å². The van der Waals surface area contributed by atoms with Gasteiger partial charge in [0.1, 0.15) is 0 Å². The fourth-order valence-electron chi connectivity index (χ4n) is 3.33. The van der Waals surface area contributed by atoms with Gasteiger partial charge < -0.3 is 9.88 Å². The molecular formula is C15H16N2. The predicted molar refractivity (Wildman–Crippen MR) is 70.8 cm³/mol. The zero-order valence-corrected chi connectivity index (χ0v) is 10.0. The Labute approximate surface area is 101 Å². The van der Waals surface area contributed by atoms with Crippen molar-refractivity contribution < 1.29 is 0 Å². The Balaban J connectivity index is 2.15. The lowest BCUT2D eigenvalue weighted by atomic mass is 9.91.